The molecule has 0 bridgehead atoms. The lowest BCUT2D eigenvalue weighted by molar-refractivity contribution is -0.274. The quantitative estimate of drug-likeness (QED) is 0.735. The highest BCUT2D eigenvalue weighted by Crippen LogP contribution is 2.35. The van der Waals surface area contributed by atoms with E-state index in [2.05, 4.69) is 10.1 Å². The number of carbonyl (C=O) groups excluding carboxylic acids is 2. The number of rotatable bonds is 6. The Morgan fingerprint density at radius 3 is 2.10 bits per heavy atom. The molecule has 7 nitrogen and oxygen atoms in total. The molecule has 0 spiro atoms. The summed E-state index contributed by atoms with van der Waals surface area (Å²) in [6.07, 6.45) is -3.03. The Bertz CT molecular complexity index is 955. The largest absolute Gasteiger partial charge is 0.573 e. The number of hydrogen-bond acceptors (Lipinski definition) is 5. The van der Waals surface area contributed by atoms with Gasteiger partial charge in [0.2, 0.25) is 0 Å². The van der Waals surface area contributed by atoms with Gasteiger partial charge in [-0.3, -0.25) is 9.59 Å². The zero-order valence-corrected chi connectivity index (χ0v) is 16.9. The van der Waals surface area contributed by atoms with Gasteiger partial charge in [-0.15, -0.1) is 13.2 Å². The molecule has 2 amide bonds. The van der Waals surface area contributed by atoms with Crippen molar-refractivity contribution in [2.45, 2.75) is 19.2 Å². The second-order valence-electron chi connectivity index (χ2n) is 6.78. The first kappa shape index (κ1) is 22.3. The molecule has 1 N–H and O–H groups in total. The van der Waals surface area contributed by atoms with Gasteiger partial charge in [0, 0.05) is 24.7 Å². The predicted octanol–water partition coefficient (Wildman–Crippen LogP) is 4.09. The summed E-state index contributed by atoms with van der Waals surface area (Å²) in [5.41, 5.74) is 0.518. The summed E-state index contributed by atoms with van der Waals surface area (Å²) < 4.78 is 51.3. The molecule has 1 aliphatic heterocycles. The lowest BCUT2D eigenvalue weighted by Gasteiger charge is -2.20. The number of benzene rings is 2. The zero-order valence-electron chi connectivity index (χ0n) is 16.9. The third kappa shape index (κ3) is 5.39. The van der Waals surface area contributed by atoms with Gasteiger partial charge in [0.25, 0.3) is 11.8 Å². The number of amides is 2. The highest BCUT2D eigenvalue weighted by molar-refractivity contribution is 6.09. The van der Waals surface area contributed by atoms with E-state index < -0.39 is 18.0 Å². The fraction of sp³-hybridized carbons (Fsp3) is 0.333. The van der Waals surface area contributed by atoms with Gasteiger partial charge < -0.3 is 24.4 Å². The third-order valence-corrected chi connectivity index (χ3v) is 4.75. The van der Waals surface area contributed by atoms with Gasteiger partial charge in [-0.25, -0.2) is 0 Å². The first-order valence-corrected chi connectivity index (χ1v) is 9.44. The number of halogens is 3. The molecule has 0 saturated carbocycles. The monoisotopic (exact) mass is 438 g/mol. The zero-order chi connectivity index (χ0) is 22.6. The van der Waals surface area contributed by atoms with Gasteiger partial charge in [-0.2, -0.15) is 0 Å². The molecular formula is C21H21F3N2O5. The van der Waals surface area contributed by atoms with E-state index in [0.29, 0.717) is 24.6 Å². The topological polar surface area (TPSA) is 77.1 Å². The van der Waals surface area contributed by atoms with Crippen LogP contribution in [0.3, 0.4) is 0 Å². The molecule has 0 aliphatic carbocycles. The van der Waals surface area contributed by atoms with Crippen molar-refractivity contribution >= 4 is 17.5 Å². The molecule has 0 radical (unpaired) electrons. The van der Waals surface area contributed by atoms with Gasteiger partial charge in [0.15, 0.2) is 11.5 Å². The van der Waals surface area contributed by atoms with E-state index in [4.69, 9.17) is 9.47 Å². The minimum Gasteiger partial charge on any atom is -0.493 e. The number of carbonyl (C=O) groups is 2. The number of nitrogens with one attached hydrogen (secondary N) is 1. The highest BCUT2D eigenvalue weighted by Gasteiger charge is 2.31. The minimum absolute atomic E-state index is 0.0869. The summed E-state index contributed by atoms with van der Waals surface area (Å²) in [6, 6.07) is 7.43. The van der Waals surface area contributed by atoms with Crippen LogP contribution >= 0.6 is 0 Å². The van der Waals surface area contributed by atoms with Crippen molar-refractivity contribution in [2.75, 3.05) is 32.6 Å². The fourth-order valence-corrected chi connectivity index (χ4v) is 3.25. The summed E-state index contributed by atoms with van der Waals surface area (Å²) >= 11 is 0. The Balaban J connectivity index is 1.88. The smallest absolute Gasteiger partial charge is 0.493 e. The molecule has 1 heterocycles. The maximum Gasteiger partial charge on any atom is 0.573 e. The van der Waals surface area contributed by atoms with Crippen molar-refractivity contribution in [1.29, 1.82) is 0 Å². The Hall–Kier alpha value is -3.43. The predicted molar refractivity (Wildman–Crippen MR) is 106 cm³/mol. The Labute approximate surface area is 176 Å². The van der Waals surface area contributed by atoms with E-state index in [1.54, 1.807) is 4.90 Å². The molecule has 0 aromatic heterocycles. The van der Waals surface area contributed by atoms with Gasteiger partial charge >= 0.3 is 6.36 Å². The summed E-state index contributed by atoms with van der Waals surface area (Å²) in [6.45, 7) is 1.22. The van der Waals surface area contributed by atoms with Crippen LogP contribution in [-0.2, 0) is 0 Å². The lowest BCUT2D eigenvalue weighted by Crippen LogP contribution is -2.29. The number of likely N-dealkylation sites (tertiary alicyclic amines) is 1. The molecule has 1 aliphatic rings. The van der Waals surface area contributed by atoms with E-state index in [9.17, 15) is 22.8 Å². The van der Waals surface area contributed by atoms with Crippen molar-refractivity contribution in [1.82, 2.24) is 4.90 Å². The molecule has 3 rings (SSSR count). The summed E-state index contributed by atoms with van der Waals surface area (Å²) in [7, 11) is 2.86. The fourth-order valence-electron chi connectivity index (χ4n) is 3.25. The second kappa shape index (κ2) is 9.15. The van der Waals surface area contributed by atoms with Crippen molar-refractivity contribution in [3.05, 3.63) is 47.5 Å². The van der Waals surface area contributed by atoms with E-state index in [1.165, 1.54) is 38.5 Å². The van der Waals surface area contributed by atoms with Gasteiger partial charge in [-0.05, 0) is 43.2 Å². The number of anilines is 1. The molecule has 1 fully saturated rings. The number of hydrogen-bond donors (Lipinski definition) is 1. The van der Waals surface area contributed by atoms with Gasteiger partial charge in [0.1, 0.15) is 5.75 Å². The minimum atomic E-state index is -4.83. The number of nitrogens with zero attached hydrogens (tertiary/aromatic N) is 1. The summed E-state index contributed by atoms with van der Waals surface area (Å²) in [4.78, 5) is 27.4. The Morgan fingerprint density at radius 2 is 1.55 bits per heavy atom. The molecule has 166 valence electrons. The SMILES string of the molecule is COc1cc(NC(=O)c2ccc(OC(F)(F)F)cc2)c(C(=O)N2CCCC2)cc1OC. The van der Waals surface area contributed by atoms with Crippen molar-refractivity contribution in [2.24, 2.45) is 0 Å². The van der Waals surface area contributed by atoms with Crippen LogP contribution in [0.2, 0.25) is 0 Å². The van der Waals surface area contributed by atoms with Crippen LogP contribution in [0.4, 0.5) is 18.9 Å². The van der Waals surface area contributed by atoms with E-state index >= 15 is 0 Å². The molecular weight excluding hydrogens is 417 g/mol. The first-order chi connectivity index (χ1) is 14.7. The van der Waals surface area contributed by atoms with E-state index in [0.717, 1.165) is 25.0 Å². The second-order valence-corrected chi connectivity index (χ2v) is 6.78. The van der Waals surface area contributed by atoms with Gasteiger partial charge in [-0.1, -0.05) is 0 Å². The van der Waals surface area contributed by atoms with Crippen LogP contribution in [0.1, 0.15) is 33.6 Å². The van der Waals surface area contributed by atoms with Crippen LogP contribution < -0.4 is 19.5 Å². The van der Waals surface area contributed by atoms with Crippen LogP contribution in [0.15, 0.2) is 36.4 Å². The molecule has 2 aromatic carbocycles. The van der Waals surface area contributed by atoms with Crippen LogP contribution in [0, 0.1) is 0 Å². The normalized spacial score (nSPS) is 13.6. The lowest BCUT2D eigenvalue weighted by atomic mass is 10.1. The Kier molecular flexibility index (Phi) is 6.57. The summed E-state index contributed by atoms with van der Waals surface area (Å²) in [5, 5.41) is 2.64. The Morgan fingerprint density at radius 1 is 0.968 bits per heavy atom. The summed E-state index contributed by atoms with van der Waals surface area (Å²) in [5.74, 6) is -0.676. The number of ether oxygens (including phenoxy) is 3. The van der Waals surface area contributed by atoms with E-state index in [1.807, 2.05) is 0 Å². The first-order valence-electron chi connectivity index (χ1n) is 9.44. The number of alkyl halides is 3. The molecule has 1 saturated heterocycles. The maximum absolute atomic E-state index is 13.0. The molecule has 2 aromatic rings. The number of methoxy groups -OCH3 is 2. The van der Waals surface area contributed by atoms with Crippen molar-refractivity contribution in [3.8, 4) is 17.2 Å². The van der Waals surface area contributed by atoms with Gasteiger partial charge in [0.05, 0.1) is 25.5 Å². The molecule has 0 unspecified atom stereocenters. The molecule has 0 atom stereocenters. The van der Waals surface area contributed by atoms with Crippen molar-refractivity contribution in [3.63, 3.8) is 0 Å². The third-order valence-electron chi connectivity index (χ3n) is 4.75. The maximum atomic E-state index is 13.0. The molecule has 10 heteroatoms. The van der Waals surface area contributed by atoms with E-state index in [-0.39, 0.29) is 22.7 Å². The van der Waals surface area contributed by atoms with Crippen molar-refractivity contribution < 1.29 is 37.0 Å². The van der Waals surface area contributed by atoms with Crippen LogP contribution in [0.25, 0.3) is 0 Å². The molecule has 31 heavy (non-hydrogen) atoms. The van der Waals surface area contributed by atoms with Crippen LogP contribution in [0.5, 0.6) is 17.2 Å². The average molecular weight is 438 g/mol. The standard InChI is InChI=1S/C21H21F3N2O5/c1-29-17-11-15(20(28)26-9-3-4-10-26)16(12-18(17)30-2)25-19(27)13-5-7-14(8-6-13)31-21(22,23)24/h5-8,11-12H,3-4,9-10H2,1-2H3,(H,25,27). The average Bonchev–Trinajstić information content (AvgIpc) is 3.27. The highest BCUT2D eigenvalue weighted by atomic mass is 19.4. The van der Waals surface area contributed by atoms with Crippen LogP contribution in [-0.4, -0.2) is 50.4 Å².